The van der Waals surface area contributed by atoms with E-state index >= 15 is 0 Å². The van der Waals surface area contributed by atoms with Crippen molar-refractivity contribution in [3.05, 3.63) is 21.3 Å². The molecular weight excluding hydrogens is 255 g/mol. The average molecular weight is 258 g/mol. The van der Waals surface area contributed by atoms with Gasteiger partial charge in [0.05, 0.1) is 0 Å². The van der Waals surface area contributed by atoms with Gasteiger partial charge in [-0.2, -0.15) is 0 Å². The summed E-state index contributed by atoms with van der Waals surface area (Å²) in [4.78, 5) is 1.24. The Morgan fingerprint density at radius 1 is 1.62 bits per heavy atom. The second-order valence-electron chi connectivity index (χ2n) is 1.26. The van der Waals surface area contributed by atoms with Crippen LogP contribution in [0.1, 0.15) is 4.88 Å². The van der Waals surface area contributed by atoms with Crippen LogP contribution in [-0.2, 0) is 0 Å². The summed E-state index contributed by atoms with van der Waals surface area (Å²) in [6.07, 6.45) is 0. The molecule has 0 unspecified atom stereocenters. The fourth-order valence-electron chi connectivity index (χ4n) is 0.392. The normalized spacial score (nSPS) is 9.12. The Bertz CT molecular complexity index is 194. The molecule has 0 aliphatic carbocycles. The van der Waals surface area contributed by atoms with Crippen molar-refractivity contribution in [2.24, 2.45) is 0 Å². The Balaban J connectivity index is 3.00. The minimum atomic E-state index is 0.861. The van der Waals surface area contributed by atoms with Crippen LogP contribution in [0.25, 0.3) is 0 Å². The Kier molecular flexibility index (Phi) is 2.52. The standard InChI is InChI=1S/C5H3ClSTe/c6-5-2-1-4(3-8)7-5/h1-3H. The second kappa shape index (κ2) is 2.98. The van der Waals surface area contributed by atoms with E-state index in [0.29, 0.717) is 0 Å². The van der Waals surface area contributed by atoms with E-state index in [4.69, 9.17) is 11.6 Å². The van der Waals surface area contributed by atoms with E-state index in [1.807, 2.05) is 38.0 Å². The van der Waals surface area contributed by atoms with E-state index in [1.165, 1.54) is 4.88 Å². The third kappa shape index (κ3) is 1.56. The van der Waals surface area contributed by atoms with Gasteiger partial charge in [-0.25, -0.2) is 0 Å². The zero-order valence-electron chi connectivity index (χ0n) is 3.93. The molecule has 0 amide bonds. The first-order chi connectivity index (χ1) is 3.83. The van der Waals surface area contributed by atoms with Gasteiger partial charge in [0.1, 0.15) is 0 Å². The molecule has 0 nitrogen and oxygen atoms in total. The van der Waals surface area contributed by atoms with Gasteiger partial charge in [0.15, 0.2) is 0 Å². The van der Waals surface area contributed by atoms with E-state index in [1.54, 1.807) is 11.3 Å². The first kappa shape index (κ1) is 6.77. The molecule has 8 heavy (non-hydrogen) atoms. The van der Waals surface area contributed by atoms with Gasteiger partial charge < -0.3 is 0 Å². The van der Waals surface area contributed by atoms with E-state index in [2.05, 4.69) is 0 Å². The zero-order chi connectivity index (χ0) is 5.98. The van der Waals surface area contributed by atoms with Crippen molar-refractivity contribution < 1.29 is 0 Å². The molecule has 0 N–H and O–H groups in total. The van der Waals surface area contributed by atoms with Crippen LogP contribution in [0.2, 0.25) is 4.34 Å². The van der Waals surface area contributed by atoms with Gasteiger partial charge in [0.2, 0.25) is 0 Å². The number of hydrogen-bond acceptors (Lipinski definition) is 1. The molecule has 0 aromatic carbocycles. The Morgan fingerprint density at radius 2 is 2.38 bits per heavy atom. The molecule has 42 valence electrons. The molecule has 1 heterocycles. The molecular formula is C5H3ClSTe. The number of halogens is 1. The maximum atomic E-state index is 5.64. The summed E-state index contributed by atoms with van der Waals surface area (Å²) in [6, 6.07) is 3.92. The van der Waals surface area contributed by atoms with Crippen LogP contribution >= 0.6 is 22.9 Å². The van der Waals surface area contributed by atoms with Gasteiger partial charge in [-0.15, -0.1) is 0 Å². The molecule has 0 atom stereocenters. The minimum absolute atomic E-state index is 0.861. The molecule has 1 aromatic heterocycles. The molecule has 0 saturated heterocycles. The van der Waals surface area contributed by atoms with Crippen molar-refractivity contribution in [3.63, 3.8) is 0 Å². The van der Waals surface area contributed by atoms with Crippen LogP contribution in [0.5, 0.6) is 0 Å². The second-order valence-corrected chi connectivity index (χ2v) is 3.68. The van der Waals surface area contributed by atoms with Gasteiger partial charge >= 0.3 is 70.2 Å². The SMILES string of the molecule is Clc1ccc(C=[Te])s1. The molecule has 1 rings (SSSR count). The monoisotopic (exact) mass is 260 g/mol. The summed E-state index contributed by atoms with van der Waals surface area (Å²) >= 11 is 9.18. The van der Waals surface area contributed by atoms with E-state index in [-0.39, 0.29) is 0 Å². The third-order valence-electron chi connectivity index (χ3n) is 0.710. The van der Waals surface area contributed by atoms with Crippen LogP contribution in [0.3, 0.4) is 0 Å². The van der Waals surface area contributed by atoms with Crippen LogP contribution in [0.4, 0.5) is 0 Å². The van der Waals surface area contributed by atoms with Crippen molar-refractivity contribution >= 4 is 48.8 Å². The van der Waals surface area contributed by atoms with Crippen molar-refractivity contribution in [2.75, 3.05) is 0 Å². The number of rotatable bonds is 1. The predicted molar refractivity (Wildman–Crippen MR) is 40.2 cm³/mol. The molecule has 0 aliphatic heterocycles. The molecule has 1 aromatic rings. The van der Waals surface area contributed by atoms with E-state index in [0.717, 1.165) is 4.34 Å². The molecule has 0 aliphatic rings. The van der Waals surface area contributed by atoms with Gasteiger partial charge in [0.25, 0.3) is 0 Å². The predicted octanol–water partition coefficient (Wildman–Crippen LogP) is 1.72. The fraction of sp³-hybridized carbons (Fsp3) is 0. The molecule has 0 saturated carbocycles. The first-order valence-corrected chi connectivity index (χ1v) is 4.57. The Morgan fingerprint density at radius 3 is 2.62 bits per heavy atom. The van der Waals surface area contributed by atoms with Crippen molar-refractivity contribution in [1.82, 2.24) is 0 Å². The summed E-state index contributed by atoms with van der Waals surface area (Å²) in [7, 11) is 0. The van der Waals surface area contributed by atoms with E-state index < -0.39 is 0 Å². The summed E-state index contributed by atoms with van der Waals surface area (Å²) in [5, 5.41) is 0. The van der Waals surface area contributed by atoms with Gasteiger partial charge in [-0.3, -0.25) is 0 Å². The van der Waals surface area contributed by atoms with Crippen LogP contribution in [0, 0.1) is 0 Å². The average Bonchev–Trinajstić information content (AvgIpc) is 2.14. The quantitative estimate of drug-likeness (QED) is 0.673. The summed E-state index contributed by atoms with van der Waals surface area (Å²) in [5.41, 5.74) is 0. The molecule has 3 heteroatoms. The Labute approximate surface area is 69.9 Å². The number of thiophene rings is 1. The maximum absolute atomic E-state index is 5.64. The molecule has 0 radical (unpaired) electrons. The summed E-state index contributed by atoms with van der Waals surface area (Å²) in [5.74, 6) is 0. The van der Waals surface area contributed by atoms with Crippen LogP contribution in [0.15, 0.2) is 12.1 Å². The fourth-order valence-corrected chi connectivity index (χ4v) is 1.90. The first-order valence-electron chi connectivity index (χ1n) is 2.03. The van der Waals surface area contributed by atoms with Gasteiger partial charge in [-0.05, 0) is 0 Å². The summed E-state index contributed by atoms with van der Waals surface area (Å²) in [6.45, 7) is 0. The molecule has 0 spiro atoms. The van der Waals surface area contributed by atoms with Gasteiger partial charge in [0, 0.05) is 0 Å². The zero-order valence-corrected chi connectivity index (χ0v) is 7.83. The van der Waals surface area contributed by atoms with Crippen molar-refractivity contribution in [3.8, 4) is 0 Å². The Hall–Kier alpha value is 0.650. The van der Waals surface area contributed by atoms with Crippen molar-refractivity contribution in [1.29, 1.82) is 0 Å². The third-order valence-corrected chi connectivity index (χ3v) is 3.08. The van der Waals surface area contributed by atoms with Crippen LogP contribution in [-0.4, -0.2) is 25.9 Å². The summed E-state index contributed by atoms with van der Waals surface area (Å²) < 4.78 is 2.91. The van der Waals surface area contributed by atoms with E-state index in [9.17, 15) is 0 Å². The number of hydrogen-bond donors (Lipinski definition) is 0. The molecule has 0 fully saturated rings. The van der Waals surface area contributed by atoms with Gasteiger partial charge in [-0.1, -0.05) is 0 Å². The topological polar surface area (TPSA) is 0 Å². The van der Waals surface area contributed by atoms with Crippen molar-refractivity contribution in [2.45, 2.75) is 0 Å². The molecule has 0 bridgehead atoms. The van der Waals surface area contributed by atoms with Crippen LogP contribution < -0.4 is 0 Å².